The first-order chi connectivity index (χ1) is 18.3. The summed E-state index contributed by atoms with van der Waals surface area (Å²) in [5, 5.41) is 14.1. The zero-order chi connectivity index (χ0) is 27.0. The predicted molar refractivity (Wildman–Crippen MR) is 162 cm³/mol. The predicted octanol–water partition coefficient (Wildman–Crippen LogP) is 5.76. The van der Waals surface area contributed by atoms with Gasteiger partial charge in [0.2, 0.25) is 10.0 Å². The fourth-order valence-corrected chi connectivity index (χ4v) is 6.56. The van der Waals surface area contributed by atoms with Crippen molar-refractivity contribution in [1.29, 1.82) is 0 Å². The highest BCUT2D eigenvalue weighted by molar-refractivity contribution is 8.00. The van der Waals surface area contributed by atoms with Crippen molar-refractivity contribution < 1.29 is 18.3 Å². The molecule has 1 atom stereocenters. The molecule has 4 rings (SSSR count). The van der Waals surface area contributed by atoms with Crippen molar-refractivity contribution in [1.82, 2.24) is 10.0 Å². The van der Waals surface area contributed by atoms with Crippen molar-refractivity contribution in [3.63, 3.8) is 0 Å². The number of aliphatic hydroxyl groups is 1. The molecule has 0 bridgehead atoms. The van der Waals surface area contributed by atoms with E-state index in [1.54, 1.807) is 17.8 Å². The summed E-state index contributed by atoms with van der Waals surface area (Å²) < 4.78 is 25.5. The average molecular weight is 589 g/mol. The maximum atomic E-state index is 12.7. The fourth-order valence-electron chi connectivity index (χ4n) is 4.70. The zero-order valence-electron chi connectivity index (χ0n) is 22.1. The van der Waals surface area contributed by atoms with Gasteiger partial charge in [-0.1, -0.05) is 79.9 Å². The number of aliphatic hydroxyl groups excluding tert-OH is 1. The van der Waals surface area contributed by atoms with E-state index < -0.39 is 22.0 Å². The molecule has 0 spiro atoms. The molecule has 0 radical (unpaired) electrons. The number of amides is 1. The Morgan fingerprint density at radius 1 is 0.974 bits per heavy atom. The summed E-state index contributed by atoms with van der Waals surface area (Å²) in [7, 11) is -3.65. The second kappa shape index (κ2) is 14.9. The van der Waals surface area contributed by atoms with Gasteiger partial charge in [0.15, 0.2) is 0 Å². The molecule has 1 amide bonds. The van der Waals surface area contributed by atoms with Crippen LogP contribution in [0.3, 0.4) is 0 Å². The third-order valence-electron chi connectivity index (χ3n) is 6.75. The molecule has 210 valence electrons. The third kappa shape index (κ3) is 9.65. The summed E-state index contributed by atoms with van der Waals surface area (Å²) in [6.45, 7) is 1.26. The molecule has 0 aromatic heterocycles. The van der Waals surface area contributed by atoms with Crippen LogP contribution in [0.25, 0.3) is 11.1 Å². The van der Waals surface area contributed by atoms with Crippen LogP contribution in [0.5, 0.6) is 0 Å². The maximum absolute atomic E-state index is 12.7. The zero-order valence-corrected chi connectivity index (χ0v) is 24.6. The molecule has 0 unspecified atom stereocenters. The van der Waals surface area contributed by atoms with E-state index in [1.807, 2.05) is 42.5 Å². The molecule has 6 nitrogen and oxygen atoms in total. The summed E-state index contributed by atoms with van der Waals surface area (Å²) in [6.07, 6.45) is 7.13. The summed E-state index contributed by atoms with van der Waals surface area (Å²) >= 11 is 1.69. The molecule has 1 aliphatic rings. The molecular weight excluding hydrogens is 552 g/mol. The second-order valence-electron chi connectivity index (χ2n) is 9.87. The van der Waals surface area contributed by atoms with Gasteiger partial charge in [0.1, 0.15) is 0 Å². The number of halogens is 1. The van der Waals surface area contributed by atoms with E-state index in [0.29, 0.717) is 17.4 Å². The summed E-state index contributed by atoms with van der Waals surface area (Å²) in [4.78, 5) is 13.6. The molecule has 0 heterocycles. The number of hydrogen-bond acceptors (Lipinski definition) is 6. The first kappa shape index (κ1) is 31.2. The van der Waals surface area contributed by atoms with Crippen LogP contribution in [0.1, 0.15) is 59.7 Å². The van der Waals surface area contributed by atoms with Crippen molar-refractivity contribution in [3.8, 4) is 11.1 Å². The van der Waals surface area contributed by atoms with E-state index in [1.165, 1.54) is 24.8 Å². The van der Waals surface area contributed by atoms with Crippen molar-refractivity contribution in [2.45, 2.75) is 54.8 Å². The minimum Gasteiger partial charge on any atom is -0.387 e. The third-order valence-corrected chi connectivity index (χ3v) is 8.70. The number of thioether (sulfide) groups is 1. The standard InChI is InChI=1S/C30H36N2O4S2.ClH/c1-38(35,36)32-30(34)27-17-16-25(20-29(27)37-26-10-6-3-7-11-26)23-14-12-22(13-15-23)18-19-31-21-28(33)24-8-4-2-5-9-24;/h2,4-5,8-9,12-17,20,26,28,31,33H,3,6-7,10-11,18-19,21H2,1H3,(H,32,34);1H/t28-;/m0./s1. The Bertz CT molecular complexity index is 1310. The number of carbonyl (C=O) groups is 1. The van der Waals surface area contributed by atoms with Crippen molar-refractivity contribution in [2.24, 2.45) is 0 Å². The monoisotopic (exact) mass is 588 g/mol. The van der Waals surface area contributed by atoms with Gasteiger partial charge in [-0.3, -0.25) is 4.79 Å². The number of sulfonamides is 1. The number of hydrogen-bond donors (Lipinski definition) is 3. The lowest BCUT2D eigenvalue weighted by Gasteiger charge is -2.22. The van der Waals surface area contributed by atoms with Crippen molar-refractivity contribution in [2.75, 3.05) is 19.3 Å². The first-order valence-electron chi connectivity index (χ1n) is 13.1. The molecule has 1 aliphatic carbocycles. The Balaban J connectivity index is 0.00000420. The van der Waals surface area contributed by atoms with Crippen LogP contribution in [0, 0.1) is 0 Å². The smallest absolute Gasteiger partial charge is 0.265 e. The number of carbonyl (C=O) groups excluding carboxylic acids is 1. The average Bonchev–Trinajstić information content (AvgIpc) is 2.91. The molecule has 3 N–H and O–H groups in total. The largest absolute Gasteiger partial charge is 0.387 e. The van der Waals surface area contributed by atoms with Gasteiger partial charge in [0.05, 0.1) is 17.9 Å². The molecule has 39 heavy (non-hydrogen) atoms. The Hall–Kier alpha value is -2.36. The lowest BCUT2D eigenvalue weighted by Crippen LogP contribution is -2.29. The quantitative estimate of drug-likeness (QED) is 0.247. The van der Waals surface area contributed by atoms with E-state index in [0.717, 1.165) is 53.6 Å². The van der Waals surface area contributed by atoms with Gasteiger partial charge in [-0.2, -0.15) is 0 Å². The first-order valence-corrected chi connectivity index (χ1v) is 15.9. The number of benzene rings is 3. The van der Waals surface area contributed by atoms with Gasteiger partial charge < -0.3 is 10.4 Å². The molecule has 0 aliphatic heterocycles. The molecule has 9 heteroatoms. The highest BCUT2D eigenvalue weighted by Gasteiger charge is 2.21. The second-order valence-corrected chi connectivity index (χ2v) is 13.0. The van der Waals surface area contributed by atoms with E-state index in [-0.39, 0.29) is 12.4 Å². The van der Waals surface area contributed by atoms with Gasteiger partial charge >= 0.3 is 0 Å². The highest BCUT2D eigenvalue weighted by Crippen LogP contribution is 2.37. The van der Waals surface area contributed by atoms with Gasteiger partial charge in [-0.25, -0.2) is 13.1 Å². The van der Waals surface area contributed by atoms with Crippen molar-refractivity contribution >= 4 is 40.1 Å². The highest BCUT2D eigenvalue weighted by atomic mass is 35.5. The van der Waals surface area contributed by atoms with Crippen molar-refractivity contribution in [3.05, 3.63) is 89.5 Å². The normalized spacial score (nSPS) is 14.8. The lowest BCUT2D eigenvalue weighted by atomic mass is 10.0. The summed E-state index contributed by atoms with van der Waals surface area (Å²) in [5.41, 5.74) is 4.54. The lowest BCUT2D eigenvalue weighted by molar-refractivity contribution is 0.0979. The number of nitrogens with one attached hydrogen (secondary N) is 2. The van der Waals surface area contributed by atoms with E-state index in [2.05, 4.69) is 34.3 Å². The van der Waals surface area contributed by atoms with Crippen LogP contribution in [0.4, 0.5) is 0 Å². The van der Waals surface area contributed by atoms with E-state index >= 15 is 0 Å². The summed E-state index contributed by atoms with van der Waals surface area (Å²) in [5.74, 6) is -0.586. The van der Waals surface area contributed by atoms with Crippen LogP contribution >= 0.6 is 24.2 Å². The summed E-state index contributed by atoms with van der Waals surface area (Å²) in [6, 6.07) is 23.6. The molecular formula is C30H37ClN2O4S2. The molecule has 1 saturated carbocycles. The fraction of sp³-hybridized carbons (Fsp3) is 0.367. The molecule has 1 fully saturated rings. The molecule has 3 aromatic rings. The van der Waals surface area contributed by atoms with Crippen LogP contribution in [0.15, 0.2) is 77.7 Å². The minimum atomic E-state index is -3.65. The van der Waals surface area contributed by atoms with Crippen LogP contribution in [-0.4, -0.2) is 44.0 Å². The Morgan fingerprint density at radius 2 is 1.64 bits per heavy atom. The van der Waals surface area contributed by atoms with Gasteiger partial charge in [0, 0.05) is 16.7 Å². The van der Waals surface area contributed by atoms with Crippen LogP contribution in [-0.2, 0) is 16.4 Å². The van der Waals surface area contributed by atoms with Gasteiger partial charge in [-0.05, 0) is 60.2 Å². The Kier molecular flexibility index (Phi) is 11.9. The van der Waals surface area contributed by atoms with E-state index in [4.69, 9.17) is 0 Å². The van der Waals surface area contributed by atoms with Crippen LogP contribution in [0.2, 0.25) is 0 Å². The Labute approximate surface area is 242 Å². The SMILES string of the molecule is CS(=O)(=O)NC(=O)c1ccc(-c2ccc(CCNC[C@H](O)c3ccccc3)cc2)cc1SC1CCCCC1.Cl. The topological polar surface area (TPSA) is 95.5 Å². The van der Waals surface area contributed by atoms with Gasteiger partial charge in [0.25, 0.3) is 5.91 Å². The molecule has 0 saturated heterocycles. The molecule has 3 aromatic carbocycles. The minimum absolute atomic E-state index is 0. The van der Waals surface area contributed by atoms with Crippen LogP contribution < -0.4 is 10.0 Å². The van der Waals surface area contributed by atoms with E-state index in [9.17, 15) is 18.3 Å². The van der Waals surface area contributed by atoms with Gasteiger partial charge in [-0.15, -0.1) is 24.2 Å². The number of rotatable bonds is 11. The maximum Gasteiger partial charge on any atom is 0.265 e. The Morgan fingerprint density at radius 3 is 2.31 bits per heavy atom.